The molecule has 0 heterocycles. The lowest BCUT2D eigenvalue weighted by Gasteiger charge is -2.47. The molecular weight excluding hydrogens is 160 g/mol. The van der Waals surface area contributed by atoms with Crippen molar-refractivity contribution in [3.63, 3.8) is 0 Å². The summed E-state index contributed by atoms with van der Waals surface area (Å²) >= 11 is 0. The lowest BCUT2D eigenvalue weighted by Crippen LogP contribution is -2.58. The molecule has 0 aliphatic heterocycles. The molecule has 1 fully saturated rings. The third-order valence-electron chi connectivity index (χ3n) is 3.85. The summed E-state index contributed by atoms with van der Waals surface area (Å²) in [5.74, 6) is 0. The molecule has 0 spiro atoms. The molecule has 1 rings (SSSR count). The Bertz CT molecular complexity index is 148. The van der Waals surface area contributed by atoms with Crippen LogP contribution in [0.3, 0.4) is 0 Å². The number of rotatable bonds is 3. The van der Waals surface area contributed by atoms with Gasteiger partial charge in [0.2, 0.25) is 0 Å². The van der Waals surface area contributed by atoms with Crippen LogP contribution < -0.4 is 5.32 Å². The highest BCUT2D eigenvalue weighted by atomic mass is 15.2. The minimum atomic E-state index is 0.410. The second-order valence-corrected chi connectivity index (χ2v) is 4.57. The smallest absolute Gasteiger partial charge is 0.0353 e. The number of nitrogens with zero attached hydrogens (tertiary/aromatic N) is 1. The van der Waals surface area contributed by atoms with Crippen molar-refractivity contribution in [1.82, 2.24) is 10.2 Å². The predicted molar refractivity (Wildman–Crippen MR) is 58.0 cm³/mol. The van der Waals surface area contributed by atoms with Crippen LogP contribution in [0.25, 0.3) is 0 Å². The lowest BCUT2D eigenvalue weighted by molar-refractivity contribution is 0.0666. The zero-order valence-electron chi connectivity index (χ0n) is 9.56. The Balaban J connectivity index is 2.72. The van der Waals surface area contributed by atoms with E-state index in [0.717, 1.165) is 0 Å². The van der Waals surface area contributed by atoms with Crippen molar-refractivity contribution < 1.29 is 0 Å². The topological polar surface area (TPSA) is 15.3 Å². The van der Waals surface area contributed by atoms with Crippen LogP contribution in [0.15, 0.2) is 0 Å². The molecule has 0 aromatic heterocycles. The molecule has 1 aliphatic rings. The lowest BCUT2D eigenvalue weighted by atomic mass is 9.76. The van der Waals surface area contributed by atoms with Crippen LogP contribution in [0.1, 0.15) is 39.0 Å². The van der Waals surface area contributed by atoms with E-state index < -0.39 is 0 Å². The summed E-state index contributed by atoms with van der Waals surface area (Å²) in [6.07, 6.45) is 6.91. The maximum absolute atomic E-state index is 3.42. The van der Waals surface area contributed by atoms with E-state index in [1.54, 1.807) is 0 Å². The van der Waals surface area contributed by atoms with Crippen LogP contribution in [0, 0.1) is 0 Å². The Labute approximate surface area is 82.7 Å². The largest absolute Gasteiger partial charge is 0.315 e. The molecule has 0 radical (unpaired) electrons. The molecule has 1 N–H and O–H groups in total. The summed E-state index contributed by atoms with van der Waals surface area (Å²) in [7, 11) is 6.52. The van der Waals surface area contributed by atoms with Crippen LogP contribution in [0.4, 0.5) is 0 Å². The van der Waals surface area contributed by atoms with Gasteiger partial charge in [0.05, 0.1) is 0 Å². The van der Waals surface area contributed by atoms with Crippen molar-refractivity contribution in [3.05, 3.63) is 0 Å². The second kappa shape index (κ2) is 4.43. The van der Waals surface area contributed by atoms with Gasteiger partial charge in [-0.25, -0.2) is 0 Å². The zero-order chi connectivity index (χ0) is 9.90. The fourth-order valence-corrected chi connectivity index (χ4v) is 2.70. The molecule has 0 bridgehead atoms. The van der Waals surface area contributed by atoms with E-state index in [9.17, 15) is 0 Å². The van der Waals surface area contributed by atoms with Crippen molar-refractivity contribution in [3.8, 4) is 0 Å². The van der Waals surface area contributed by atoms with Crippen LogP contribution in [-0.2, 0) is 0 Å². The zero-order valence-corrected chi connectivity index (χ0v) is 9.56. The van der Waals surface area contributed by atoms with Gasteiger partial charge in [-0.3, -0.25) is 0 Å². The van der Waals surface area contributed by atoms with E-state index in [0.29, 0.717) is 11.6 Å². The fourth-order valence-electron chi connectivity index (χ4n) is 2.70. The molecule has 1 atom stereocenters. The Morgan fingerprint density at radius 1 is 1.15 bits per heavy atom. The van der Waals surface area contributed by atoms with Crippen LogP contribution in [0.5, 0.6) is 0 Å². The first kappa shape index (κ1) is 11.0. The first-order chi connectivity index (χ1) is 6.13. The van der Waals surface area contributed by atoms with Crippen molar-refractivity contribution in [2.45, 2.75) is 50.6 Å². The number of likely N-dealkylation sites (N-methyl/N-ethyl adjacent to an activating group) is 2. The highest BCUT2D eigenvalue weighted by Gasteiger charge is 2.38. The van der Waals surface area contributed by atoms with Gasteiger partial charge >= 0.3 is 0 Å². The van der Waals surface area contributed by atoms with E-state index in [1.165, 1.54) is 32.1 Å². The summed E-state index contributed by atoms with van der Waals surface area (Å²) in [6.45, 7) is 2.31. The van der Waals surface area contributed by atoms with Gasteiger partial charge in [0.25, 0.3) is 0 Å². The van der Waals surface area contributed by atoms with Gasteiger partial charge in [-0.2, -0.15) is 0 Å². The Morgan fingerprint density at radius 2 is 1.69 bits per heavy atom. The minimum absolute atomic E-state index is 0.410. The molecule has 0 aromatic carbocycles. The molecule has 1 unspecified atom stereocenters. The molecule has 2 heteroatoms. The van der Waals surface area contributed by atoms with E-state index in [-0.39, 0.29) is 0 Å². The molecule has 13 heavy (non-hydrogen) atoms. The van der Waals surface area contributed by atoms with Gasteiger partial charge in [-0.15, -0.1) is 0 Å². The predicted octanol–water partition coefficient (Wildman–Crippen LogP) is 1.86. The van der Waals surface area contributed by atoms with Gasteiger partial charge < -0.3 is 10.2 Å². The minimum Gasteiger partial charge on any atom is -0.315 e. The quantitative estimate of drug-likeness (QED) is 0.720. The molecule has 0 aromatic rings. The molecule has 0 amide bonds. The molecule has 78 valence electrons. The van der Waals surface area contributed by atoms with Gasteiger partial charge in [-0.05, 0) is 40.9 Å². The van der Waals surface area contributed by atoms with Crippen molar-refractivity contribution in [2.24, 2.45) is 0 Å². The van der Waals surface area contributed by atoms with Gasteiger partial charge in [0.1, 0.15) is 0 Å². The summed E-state index contributed by atoms with van der Waals surface area (Å²) < 4.78 is 0. The molecule has 1 saturated carbocycles. The number of nitrogens with one attached hydrogen (secondary N) is 1. The van der Waals surface area contributed by atoms with E-state index in [4.69, 9.17) is 0 Å². The van der Waals surface area contributed by atoms with Gasteiger partial charge in [0.15, 0.2) is 0 Å². The Hall–Kier alpha value is -0.0800. The Morgan fingerprint density at radius 3 is 2.08 bits per heavy atom. The van der Waals surface area contributed by atoms with Crippen LogP contribution in [0.2, 0.25) is 0 Å². The molecular formula is C11H24N2. The summed E-state index contributed by atoms with van der Waals surface area (Å²) in [6, 6.07) is 0.600. The summed E-state index contributed by atoms with van der Waals surface area (Å²) in [5, 5.41) is 3.42. The highest BCUT2D eigenvalue weighted by Crippen LogP contribution is 2.34. The van der Waals surface area contributed by atoms with E-state index in [1.807, 2.05) is 0 Å². The standard InChI is InChI=1S/C11H24N2/c1-10(12-2)11(13(3)4)8-6-5-7-9-11/h10,12H,5-9H2,1-4H3. The second-order valence-electron chi connectivity index (χ2n) is 4.57. The summed E-state index contributed by atoms with van der Waals surface area (Å²) in [4.78, 5) is 2.42. The monoisotopic (exact) mass is 184 g/mol. The average molecular weight is 184 g/mol. The van der Waals surface area contributed by atoms with Crippen molar-refractivity contribution in [2.75, 3.05) is 21.1 Å². The normalized spacial score (nSPS) is 24.7. The maximum Gasteiger partial charge on any atom is 0.0353 e. The van der Waals surface area contributed by atoms with Gasteiger partial charge in [-0.1, -0.05) is 19.3 Å². The number of hydrogen-bond acceptors (Lipinski definition) is 2. The summed E-state index contributed by atoms with van der Waals surface area (Å²) in [5.41, 5.74) is 0.410. The van der Waals surface area contributed by atoms with E-state index in [2.05, 4.69) is 38.3 Å². The first-order valence-corrected chi connectivity index (χ1v) is 5.48. The van der Waals surface area contributed by atoms with Crippen molar-refractivity contribution in [1.29, 1.82) is 0 Å². The molecule has 0 saturated heterocycles. The SMILES string of the molecule is CNC(C)C1(N(C)C)CCCCC1. The highest BCUT2D eigenvalue weighted by molar-refractivity contribution is 4.97. The fraction of sp³-hybridized carbons (Fsp3) is 1.00. The molecule has 1 aliphatic carbocycles. The van der Waals surface area contributed by atoms with Crippen molar-refractivity contribution >= 4 is 0 Å². The number of hydrogen-bond donors (Lipinski definition) is 1. The Kier molecular flexibility index (Phi) is 3.74. The first-order valence-electron chi connectivity index (χ1n) is 5.48. The van der Waals surface area contributed by atoms with Crippen LogP contribution >= 0.6 is 0 Å². The van der Waals surface area contributed by atoms with E-state index >= 15 is 0 Å². The maximum atomic E-state index is 3.42. The molecule has 2 nitrogen and oxygen atoms in total. The van der Waals surface area contributed by atoms with Gasteiger partial charge in [0, 0.05) is 11.6 Å². The third kappa shape index (κ3) is 2.05. The average Bonchev–Trinajstić information content (AvgIpc) is 2.17. The van der Waals surface area contributed by atoms with Crippen LogP contribution in [-0.4, -0.2) is 37.6 Å². The third-order valence-corrected chi connectivity index (χ3v) is 3.85.